The van der Waals surface area contributed by atoms with Crippen LogP contribution in [-0.4, -0.2) is 19.3 Å². The summed E-state index contributed by atoms with van der Waals surface area (Å²) in [5.74, 6) is 11.3. The first-order valence-corrected chi connectivity index (χ1v) is 5.28. The number of rotatable bonds is 8. The van der Waals surface area contributed by atoms with Crippen molar-refractivity contribution in [1.29, 1.82) is 0 Å². The standard InChI is InChI=1S/C11H22N2O/c1-3-5-6-7-11(13-12)8-10-14-9-4-2/h11,13H,4,6-10,12H2,1-2H3. The van der Waals surface area contributed by atoms with Crippen molar-refractivity contribution < 1.29 is 4.74 Å². The average molecular weight is 198 g/mol. The Morgan fingerprint density at radius 2 is 2.14 bits per heavy atom. The lowest BCUT2D eigenvalue weighted by molar-refractivity contribution is 0.124. The van der Waals surface area contributed by atoms with Crippen molar-refractivity contribution >= 4 is 0 Å². The van der Waals surface area contributed by atoms with Crippen molar-refractivity contribution in [3.05, 3.63) is 0 Å². The second-order valence-corrected chi connectivity index (χ2v) is 3.23. The summed E-state index contributed by atoms with van der Waals surface area (Å²) in [6.07, 6.45) is 3.93. The minimum atomic E-state index is 0.327. The van der Waals surface area contributed by atoms with Crippen LogP contribution >= 0.6 is 0 Å². The van der Waals surface area contributed by atoms with Crippen LogP contribution < -0.4 is 11.3 Å². The van der Waals surface area contributed by atoms with Crippen molar-refractivity contribution in [2.75, 3.05) is 13.2 Å². The highest BCUT2D eigenvalue weighted by molar-refractivity contribution is 4.95. The maximum Gasteiger partial charge on any atom is 0.0481 e. The second kappa shape index (κ2) is 10.5. The maximum atomic E-state index is 5.42. The normalized spacial score (nSPS) is 11.9. The molecule has 0 aromatic rings. The number of hydrogen-bond donors (Lipinski definition) is 2. The fourth-order valence-corrected chi connectivity index (χ4v) is 1.15. The van der Waals surface area contributed by atoms with Gasteiger partial charge in [-0.1, -0.05) is 6.92 Å². The molecule has 0 bridgehead atoms. The van der Waals surface area contributed by atoms with Crippen LogP contribution in [0.15, 0.2) is 0 Å². The molecule has 0 amide bonds. The minimum Gasteiger partial charge on any atom is -0.381 e. The summed E-state index contributed by atoms with van der Waals surface area (Å²) in [6, 6.07) is 0.327. The van der Waals surface area contributed by atoms with Crippen molar-refractivity contribution in [3.8, 4) is 11.8 Å². The van der Waals surface area contributed by atoms with E-state index in [0.29, 0.717) is 6.04 Å². The Bertz CT molecular complexity index is 172. The number of nitrogens with one attached hydrogen (secondary N) is 1. The first-order valence-electron chi connectivity index (χ1n) is 5.28. The molecule has 0 aliphatic heterocycles. The zero-order valence-corrected chi connectivity index (χ0v) is 9.31. The summed E-state index contributed by atoms with van der Waals surface area (Å²) in [6.45, 7) is 5.58. The van der Waals surface area contributed by atoms with Crippen LogP contribution in [0, 0.1) is 11.8 Å². The largest absolute Gasteiger partial charge is 0.381 e. The Morgan fingerprint density at radius 3 is 2.71 bits per heavy atom. The Morgan fingerprint density at radius 1 is 1.36 bits per heavy atom. The minimum absolute atomic E-state index is 0.327. The zero-order valence-electron chi connectivity index (χ0n) is 9.31. The van der Waals surface area contributed by atoms with Gasteiger partial charge in [0.15, 0.2) is 0 Å². The van der Waals surface area contributed by atoms with Gasteiger partial charge in [-0.15, -0.1) is 11.8 Å². The van der Waals surface area contributed by atoms with Crippen LogP contribution in [0.1, 0.15) is 39.5 Å². The van der Waals surface area contributed by atoms with Crippen molar-refractivity contribution in [2.24, 2.45) is 5.84 Å². The number of hydrogen-bond acceptors (Lipinski definition) is 3. The van der Waals surface area contributed by atoms with Gasteiger partial charge in [-0.05, 0) is 26.2 Å². The Hall–Kier alpha value is -0.560. The lowest BCUT2D eigenvalue weighted by Gasteiger charge is -2.14. The van der Waals surface area contributed by atoms with Gasteiger partial charge < -0.3 is 4.74 Å². The Balaban J connectivity index is 3.41. The van der Waals surface area contributed by atoms with Crippen LogP contribution in [0.2, 0.25) is 0 Å². The fraction of sp³-hybridized carbons (Fsp3) is 0.818. The molecule has 0 aliphatic carbocycles. The van der Waals surface area contributed by atoms with E-state index in [0.717, 1.165) is 38.9 Å². The molecule has 0 saturated carbocycles. The zero-order chi connectivity index (χ0) is 10.6. The van der Waals surface area contributed by atoms with Crippen molar-refractivity contribution in [3.63, 3.8) is 0 Å². The van der Waals surface area contributed by atoms with E-state index in [1.54, 1.807) is 0 Å². The quantitative estimate of drug-likeness (QED) is 0.268. The molecular formula is C11H22N2O. The van der Waals surface area contributed by atoms with E-state index < -0.39 is 0 Å². The van der Waals surface area contributed by atoms with Gasteiger partial charge in [0.2, 0.25) is 0 Å². The summed E-state index contributed by atoms with van der Waals surface area (Å²) in [5.41, 5.74) is 2.79. The molecular weight excluding hydrogens is 176 g/mol. The highest BCUT2D eigenvalue weighted by Gasteiger charge is 2.04. The van der Waals surface area contributed by atoms with Crippen LogP contribution in [0.3, 0.4) is 0 Å². The third kappa shape index (κ3) is 8.06. The third-order valence-electron chi connectivity index (χ3n) is 1.99. The van der Waals surface area contributed by atoms with Gasteiger partial charge in [0.1, 0.15) is 0 Å². The monoisotopic (exact) mass is 198 g/mol. The Kier molecular flexibility index (Phi) is 10.1. The van der Waals surface area contributed by atoms with Crippen LogP contribution in [0.5, 0.6) is 0 Å². The van der Waals surface area contributed by atoms with E-state index in [4.69, 9.17) is 10.6 Å². The smallest absolute Gasteiger partial charge is 0.0481 e. The van der Waals surface area contributed by atoms with Gasteiger partial charge in [-0.2, -0.15) is 0 Å². The molecule has 14 heavy (non-hydrogen) atoms. The summed E-state index contributed by atoms with van der Waals surface area (Å²) in [5, 5.41) is 0. The molecule has 0 aromatic carbocycles. The molecule has 1 unspecified atom stereocenters. The highest BCUT2D eigenvalue weighted by atomic mass is 16.5. The molecule has 3 N–H and O–H groups in total. The molecule has 82 valence electrons. The van der Waals surface area contributed by atoms with Crippen LogP contribution in [-0.2, 0) is 4.74 Å². The number of ether oxygens (including phenoxy) is 1. The van der Waals surface area contributed by atoms with Gasteiger partial charge in [-0.3, -0.25) is 11.3 Å². The SMILES string of the molecule is CC#CCCC(CCOCCC)NN. The molecule has 0 heterocycles. The first kappa shape index (κ1) is 13.4. The van der Waals surface area contributed by atoms with E-state index in [9.17, 15) is 0 Å². The lowest BCUT2D eigenvalue weighted by atomic mass is 10.1. The van der Waals surface area contributed by atoms with Gasteiger partial charge >= 0.3 is 0 Å². The van der Waals surface area contributed by atoms with Gasteiger partial charge in [0, 0.05) is 25.7 Å². The van der Waals surface area contributed by atoms with Crippen LogP contribution in [0.25, 0.3) is 0 Å². The van der Waals surface area contributed by atoms with E-state index in [-0.39, 0.29) is 0 Å². The topological polar surface area (TPSA) is 47.3 Å². The molecule has 1 atom stereocenters. The van der Waals surface area contributed by atoms with E-state index >= 15 is 0 Å². The van der Waals surface area contributed by atoms with Crippen molar-refractivity contribution in [2.45, 2.75) is 45.6 Å². The van der Waals surface area contributed by atoms with E-state index in [1.807, 2.05) is 6.92 Å². The third-order valence-corrected chi connectivity index (χ3v) is 1.99. The highest BCUT2D eigenvalue weighted by Crippen LogP contribution is 2.00. The van der Waals surface area contributed by atoms with Gasteiger partial charge in [0.05, 0.1) is 0 Å². The summed E-state index contributed by atoms with van der Waals surface area (Å²) in [4.78, 5) is 0. The number of nitrogens with two attached hydrogens (primary N) is 1. The predicted octanol–water partition coefficient (Wildman–Crippen LogP) is 1.44. The fourth-order valence-electron chi connectivity index (χ4n) is 1.15. The molecule has 3 nitrogen and oxygen atoms in total. The summed E-state index contributed by atoms with van der Waals surface area (Å²) >= 11 is 0. The maximum absolute atomic E-state index is 5.42. The molecule has 0 fully saturated rings. The van der Waals surface area contributed by atoms with E-state index in [1.165, 1.54) is 0 Å². The Labute approximate surface area is 87.4 Å². The molecule has 0 aliphatic rings. The van der Waals surface area contributed by atoms with Crippen LogP contribution in [0.4, 0.5) is 0 Å². The van der Waals surface area contributed by atoms with Gasteiger partial charge in [0.25, 0.3) is 0 Å². The average Bonchev–Trinajstić information content (AvgIpc) is 2.22. The van der Waals surface area contributed by atoms with Gasteiger partial charge in [-0.25, -0.2) is 0 Å². The van der Waals surface area contributed by atoms with Crippen molar-refractivity contribution in [1.82, 2.24) is 5.43 Å². The first-order chi connectivity index (χ1) is 6.85. The second-order valence-electron chi connectivity index (χ2n) is 3.23. The predicted molar refractivity (Wildman–Crippen MR) is 59.5 cm³/mol. The molecule has 0 spiro atoms. The molecule has 0 rings (SSSR count). The van der Waals surface area contributed by atoms with E-state index in [2.05, 4.69) is 24.2 Å². The number of hydrazine groups is 1. The molecule has 3 heteroatoms. The molecule has 0 saturated heterocycles. The summed E-state index contributed by atoms with van der Waals surface area (Å²) in [7, 11) is 0. The lowest BCUT2D eigenvalue weighted by Crippen LogP contribution is -2.35. The molecule has 0 radical (unpaired) electrons. The summed E-state index contributed by atoms with van der Waals surface area (Å²) < 4.78 is 5.39. The molecule has 0 aromatic heterocycles.